The van der Waals surface area contributed by atoms with Gasteiger partial charge in [-0.1, -0.05) is 171 Å². The minimum absolute atomic E-state index is 0.0560. The summed E-state index contributed by atoms with van der Waals surface area (Å²) in [5.74, 6) is -0.461. The van der Waals surface area contributed by atoms with Crippen LogP contribution in [0.1, 0.15) is 213 Å². The summed E-state index contributed by atoms with van der Waals surface area (Å²) < 4.78 is 17.3. The highest BCUT2D eigenvalue weighted by molar-refractivity contribution is 5.70. The van der Waals surface area contributed by atoms with Crippen LogP contribution in [-0.4, -0.2) is 37.9 Å². The molecule has 1 atom stereocenters. The maximum Gasteiger partial charge on any atom is 0.306 e. The van der Waals surface area contributed by atoms with Gasteiger partial charge in [-0.05, 0) is 103 Å². The molecule has 0 heterocycles. The molecule has 0 aromatic carbocycles. The van der Waals surface area contributed by atoms with Crippen LogP contribution >= 0.6 is 0 Å². The summed E-state index contributed by atoms with van der Waals surface area (Å²) in [5, 5.41) is 0. The summed E-state index contributed by atoms with van der Waals surface area (Å²) in [6, 6.07) is 0. The van der Waals surface area contributed by atoms with Gasteiger partial charge in [-0.2, -0.15) is 0 Å². The van der Waals surface area contributed by atoms with Crippen molar-refractivity contribution in [3.63, 3.8) is 0 Å². The predicted octanol–water partition coefficient (Wildman–Crippen LogP) is 15.6. The van der Waals surface area contributed by atoms with Crippen LogP contribution in [0, 0.1) is 0 Å². The van der Waals surface area contributed by atoms with E-state index >= 15 is 0 Å². The number of ether oxygens (including phenoxy) is 3. The molecule has 0 amide bonds. The number of unbranched alkanes of at least 4 members (excludes halogenated alkanes) is 19. The van der Waals surface area contributed by atoms with Gasteiger partial charge < -0.3 is 14.2 Å². The lowest BCUT2D eigenvalue weighted by Crippen LogP contribution is -2.30. The standard InChI is InChI=1S/C51H88O5/c1-4-7-10-13-16-19-22-24-26-27-30-32-35-38-41-44-50(52)55-48-49(56-51(53)45-42-39-36-33-29-21-18-15-12-9-6-3)47-54-46-43-40-37-34-31-28-25-23-20-17-14-11-8-5-2/h7,10,15-16,18-20,23-24,26,30,32,49H,4-6,8-9,11-14,17,21-22,25,27-29,31,33-48H2,1-3H3/b10-7-,18-15-,19-16-,23-20-,26-24-,32-30-. The van der Waals surface area contributed by atoms with Crippen molar-refractivity contribution in [1.82, 2.24) is 0 Å². The summed E-state index contributed by atoms with van der Waals surface area (Å²) in [6.45, 7) is 7.59. The maximum absolute atomic E-state index is 12.7. The topological polar surface area (TPSA) is 61.8 Å². The second kappa shape index (κ2) is 46.7. The fourth-order valence-corrected chi connectivity index (χ4v) is 6.18. The van der Waals surface area contributed by atoms with Gasteiger partial charge in [0.1, 0.15) is 6.61 Å². The van der Waals surface area contributed by atoms with Gasteiger partial charge in [0, 0.05) is 19.4 Å². The van der Waals surface area contributed by atoms with Gasteiger partial charge in [0.2, 0.25) is 0 Å². The van der Waals surface area contributed by atoms with Gasteiger partial charge in [0.25, 0.3) is 0 Å². The zero-order valence-electron chi connectivity index (χ0n) is 36.9. The lowest BCUT2D eigenvalue weighted by Gasteiger charge is -2.18. The molecule has 56 heavy (non-hydrogen) atoms. The molecule has 0 aliphatic heterocycles. The number of carbonyl (C=O) groups excluding carboxylic acids is 2. The van der Waals surface area contributed by atoms with Crippen molar-refractivity contribution in [2.45, 2.75) is 219 Å². The smallest absolute Gasteiger partial charge is 0.306 e. The molecule has 1 unspecified atom stereocenters. The maximum atomic E-state index is 12.7. The third-order valence-electron chi connectivity index (χ3n) is 9.70. The molecule has 322 valence electrons. The second-order valence-electron chi connectivity index (χ2n) is 15.3. The number of esters is 2. The Morgan fingerprint density at radius 3 is 1.39 bits per heavy atom. The van der Waals surface area contributed by atoms with Gasteiger partial charge in [0.15, 0.2) is 6.10 Å². The molecular formula is C51H88O5. The fourth-order valence-electron chi connectivity index (χ4n) is 6.18. The first-order chi connectivity index (χ1) is 27.6. The van der Waals surface area contributed by atoms with Crippen LogP contribution < -0.4 is 0 Å². The Bertz CT molecular complexity index is 1020. The molecule has 0 aliphatic carbocycles. The Kier molecular flexibility index (Phi) is 44.5. The van der Waals surface area contributed by atoms with Crippen molar-refractivity contribution in [2.75, 3.05) is 19.8 Å². The first kappa shape index (κ1) is 53.3. The van der Waals surface area contributed by atoms with Crippen LogP contribution in [0.5, 0.6) is 0 Å². The Hall–Kier alpha value is -2.66. The SMILES string of the molecule is CC/C=C\C/C=C\C/C=C\C/C=C\CCCCC(=O)OCC(COCCCCCCCC/C=C\CCCCCC)OC(=O)CCCCCCC/C=C\CCCC. The van der Waals surface area contributed by atoms with E-state index in [4.69, 9.17) is 14.2 Å². The van der Waals surface area contributed by atoms with Crippen molar-refractivity contribution in [3.8, 4) is 0 Å². The third-order valence-corrected chi connectivity index (χ3v) is 9.70. The molecule has 0 saturated carbocycles. The molecule has 0 rings (SSSR count). The zero-order valence-corrected chi connectivity index (χ0v) is 36.9. The molecule has 5 nitrogen and oxygen atoms in total. The van der Waals surface area contributed by atoms with Crippen molar-refractivity contribution in [1.29, 1.82) is 0 Å². The van der Waals surface area contributed by atoms with Crippen LogP contribution in [0.2, 0.25) is 0 Å². The van der Waals surface area contributed by atoms with E-state index in [1.807, 2.05) is 0 Å². The van der Waals surface area contributed by atoms with Gasteiger partial charge in [-0.15, -0.1) is 0 Å². The van der Waals surface area contributed by atoms with Gasteiger partial charge in [-0.3, -0.25) is 9.59 Å². The Labute approximate surface area is 347 Å². The van der Waals surface area contributed by atoms with E-state index in [2.05, 4.69) is 93.7 Å². The Morgan fingerprint density at radius 1 is 0.411 bits per heavy atom. The number of hydrogen-bond acceptors (Lipinski definition) is 5. The summed E-state index contributed by atoms with van der Waals surface area (Å²) >= 11 is 0. The molecule has 0 aliphatic rings. The molecule has 0 aromatic rings. The molecule has 0 radical (unpaired) electrons. The van der Waals surface area contributed by atoms with E-state index in [1.165, 1.54) is 96.3 Å². The van der Waals surface area contributed by atoms with Crippen LogP contribution in [0.25, 0.3) is 0 Å². The zero-order chi connectivity index (χ0) is 40.7. The van der Waals surface area contributed by atoms with E-state index in [0.29, 0.717) is 19.4 Å². The quantitative estimate of drug-likeness (QED) is 0.0351. The van der Waals surface area contributed by atoms with Crippen molar-refractivity contribution < 1.29 is 23.8 Å². The molecule has 0 saturated heterocycles. The summed E-state index contributed by atoms with van der Waals surface area (Å²) in [4.78, 5) is 25.2. The van der Waals surface area contributed by atoms with Crippen LogP contribution in [0.15, 0.2) is 72.9 Å². The monoisotopic (exact) mass is 781 g/mol. The normalized spacial score (nSPS) is 12.8. The average molecular weight is 781 g/mol. The third kappa shape index (κ3) is 44.1. The van der Waals surface area contributed by atoms with Crippen LogP contribution in [0.3, 0.4) is 0 Å². The highest BCUT2D eigenvalue weighted by Gasteiger charge is 2.17. The first-order valence-corrected chi connectivity index (χ1v) is 23.5. The van der Waals surface area contributed by atoms with E-state index in [-0.39, 0.29) is 25.2 Å². The van der Waals surface area contributed by atoms with Gasteiger partial charge in [0.05, 0.1) is 6.61 Å². The van der Waals surface area contributed by atoms with E-state index in [9.17, 15) is 9.59 Å². The Morgan fingerprint density at radius 2 is 0.821 bits per heavy atom. The molecule has 0 aromatic heterocycles. The lowest BCUT2D eigenvalue weighted by molar-refractivity contribution is -0.163. The minimum Gasteiger partial charge on any atom is -0.462 e. The number of carbonyl (C=O) groups is 2. The predicted molar refractivity (Wildman–Crippen MR) is 242 cm³/mol. The number of rotatable bonds is 42. The van der Waals surface area contributed by atoms with Crippen LogP contribution in [-0.2, 0) is 23.8 Å². The molecular weight excluding hydrogens is 693 g/mol. The fraction of sp³-hybridized carbons (Fsp3) is 0.725. The van der Waals surface area contributed by atoms with Gasteiger partial charge >= 0.3 is 11.9 Å². The first-order valence-electron chi connectivity index (χ1n) is 23.5. The molecule has 0 fully saturated rings. The minimum atomic E-state index is -0.560. The van der Waals surface area contributed by atoms with Crippen molar-refractivity contribution >= 4 is 11.9 Å². The van der Waals surface area contributed by atoms with E-state index < -0.39 is 6.10 Å². The summed E-state index contributed by atoms with van der Waals surface area (Å²) in [5.41, 5.74) is 0. The summed E-state index contributed by atoms with van der Waals surface area (Å²) in [7, 11) is 0. The molecule has 0 bridgehead atoms. The van der Waals surface area contributed by atoms with Gasteiger partial charge in [-0.25, -0.2) is 0 Å². The number of hydrogen-bond donors (Lipinski definition) is 0. The molecule has 0 N–H and O–H groups in total. The lowest BCUT2D eigenvalue weighted by atomic mass is 10.1. The van der Waals surface area contributed by atoms with E-state index in [0.717, 1.165) is 83.5 Å². The van der Waals surface area contributed by atoms with Crippen LogP contribution in [0.4, 0.5) is 0 Å². The summed E-state index contributed by atoms with van der Waals surface area (Å²) in [6.07, 6.45) is 59.0. The number of allylic oxidation sites excluding steroid dienone is 12. The molecule has 5 heteroatoms. The highest BCUT2D eigenvalue weighted by Crippen LogP contribution is 2.12. The Balaban J connectivity index is 4.34. The largest absolute Gasteiger partial charge is 0.462 e. The van der Waals surface area contributed by atoms with E-state index in [1.54, 1.807) is 0 Å². The second-order valence-corrected chi connectivity index (χ2v) is 15.3. The van der Waals surface area contributed by atoms with Crippen molar-refractivity contribution in [2.24, 2.45) is 0 Å². The van der Waals surface area contributed by atoms with Crippen molar-refractivity contribution in [3.05, 3.63) is 72.9 Å². The molecule has 0 spiro atoms. The average Bonchev–Trinajstić information content (AvgIpc) is 3.20. The highest BCUT2D eigenvalue weighted by atomic mass is 16.6.